The number of fused-ring (bicyclic) bond motifs is 1. The summed E-state index contributed by atoms with van der Waals surface area (Å²) in [7, 11) is 0. The zero-order chi connectivity index (χ0) is 25.6. The van der Waals surface area contributed by atoms with Gasteiger partial charge in [-0.15, -0.1) is 0 Å². The summed E-state index contributed by atoms with van der Waals surface area (Å²) in [5.74, 6) is -2.63. The molecule has 3 unspecified atom stereocenters. The average Bonchev–Trinajstić information content (AvgIpc) is 3.08. The number of para-hydroxylation sites is 1. The number of benzene rings is 1. The van der Waals surface area contributed by atoms with Crippen LogP contribution >= 0.6 is 0 Å². The highest BCUT2D eigenvalue weighted by Gasteiger charge is 2.68. The third kappa shape index (κ3) is 4.22. The highest BCUT2D eigenvalue weighted by Crippen LogP contribution is 2.58. The van der Waals surface area contributed by atoms with Crippen LogP contribution in [0.5, 0.6) is 0 Å². The third-order valence-corrected chi connectivity index (χ3v) is 8.21. The summed E-state index contributed by atoms with van der Waals surface area (Å²) in [4.78, 5) is 48.7. The van der Waals surface area contributed by atoms with Crippen molar-refractivity contribution in [3.05, 3.63) is 41.7 Å². The number of hydrogen-bond donors (Lipinski definition) is 0. The number of nitrogens with zero attached hydrogens (tertiary/aromatic N) is 3. The molecule has 1 saturated carbocycles. The van der Waals surface area contributed by atoms with Gasteiger partial charge < -0.3 is 9.64 Å². The first kappa shape index (κ1) is 24.9. The molecule has 5 aliphatic rings. The van der Waals surface area contributed by atoms with E-state index in [4.69, 9.17) is 9.57 Å². The maximum absolute atomic E-state index is 14.1. The SMILES string of the molecule is CC(=O)O[C@]12C=C(C)[C@H](C(C)C1)C1C(=O)N(OCCCN3CCN(c4ccccc4F)CC3)C(=O)C12. The number of esters is 1. The van der Waals surface area contributed by atoms with Gasteiger partial charge in [0, 0.05) is 39.6 Å². The molecule has 2 amide bonds. The summed E-state index contributed by atoms with van der Waals surface area (Å²) in [6.07, 6.45) is 3.07. The minimum absolute atomic E-state index is 0.0526. The molecule has 3 fully saturated rings. The summed E-state index contributed by atoms with van der Waals surface area (Å²) >= 11 is 0. The van der Waals surface area contributed by atoms with Crippen LogP contribution in [0.4, 0.5) is 10.1 Å². The molecule has 194 valence electrons. The summed E-state index contributed by atoms with van der Waals surface area (Å²) in [5, 5.41) is 0.932. The Bertz CT molecular complexity index is 1080. The number of rotatable bonds is 7. The largest absolute Gasteiger partial charge is 0.454 e. The van der Waals surface area contributed by atoms with Crippen molar-refractivity contribution in [3.63, 3.8) is 0 Å². The number of piperazine rings is 1. The first-order chi connectivity index (χ1) is 17.2. The lowest BCUT2D eigenvalue weighted by Crippen LogP contribution is -2.57. The smallest absolute Gasteiger partial charge is 0.303 e. The standard InChI is InChI=1S/C27H34FN3O5/c1-17-15-27(36-19(3)32)16-18(2)22(17)23-24(27)26(34)31(25(23)33)35-14-6-9-29-10-12-30(13-11-29)21-8-5-4-7-20(21)28/h4-5,7-8,15,18,22-24H,6,9-14,16H2,1-3H3/t18?,22-,23?,24?,27-/m1/s1. The van der Waals surface area contributed by atoms with Crippen LogP contribution in [0.2, 0.25) is 0 Å². The van der Waals surface area contributed by atoms with Crippen molar-refractivity contribution in [2.24, 2.45) is 23.7 Å². The third-order valence-electron chi connectivity index (χ3n) is 8.21. The second kappa shape index (κ2) is 9.59. The number of imide groups is 1. The van der Waals surface area contributed by atoms with E-state index >= 15 is 0 Å². The van der Waals surface area contributed by atoms with Gasteiger partial charge in [0.15, 0.2) is 0 Å². The van der Waals surface area contributed by atoms with Gasteiger partial charge in [-0.25, -0.2) is 4.39 Å². The molecule has 0 aromatic heterocycles. The number of amides is 2. The number of carbonyl (C=O) groups is 3. The van der Waals surface area contributed by atoms with Gasteiger partial charge in [-0.2, -0.15) is 5.06 Å². The van der Waals surface area contributed by atoms with Crippen LogP contribution < -0.4 is 4.90 Å². The Morgan fingerprint density at radius 1 is 1.11 bits per heavy atom. The molecule has 3 aliphatic carbocycles. The molecule has 9 heteroatoms. The quantitative estimate of drug-likeness (QED) is 0.247. The zero-order valence-electron chi connectivity index (χ0n) is 21.1. The molecule has 1 aromatic rings. The molecule has 8 nitrogen and oxygen atoms in total. The van der Waals surface area contributed by atoms with Gasteiger partial charge in [-0.1, -0.05) is 24.6 Å². The van der Waals surface area contributed by atoms with Gasteiger partial charge in [0.1, 0.15) is 11.4 Å². The first-order valence-corrected chi connectivity index (χ1v) is 12.8. The molecule has 2 aliphatic heterocycles. The lowest BCUT2D eigenvalue weighted by Gasteiger charge is -2.52. The molecular formula is C27H34FN3O5. The monoisotopic (exact) mass is 499 g/mol. The minimum Gasteiger partial charge on any atom is -0.454 e. The van der Waals surface area contributed by atoms with Crippen molar-refractivity contribution in [2.75, 3.05) is 44.2 Å². The normalized spacial score (nSPS) is 32.1. The van der Waals surface area contributed by atoms with E-state index in [9.17, 15) is 18.8 Å². The Labute approximate surface area is 210 Å². The van der Waals surface area contributed by atoms with E-state index in [0.717, 1.165) is 43.4 Å². The fourth-order valence-electron chi connectivity index (χ4n) is 6.91. The first-order valence-electron chi connectivity index (χ1n) is 12.8. The lowest BCUT2D eigenvalue weighted by molar-refractivity contribution is -0.191. The molecule has 0 N–H and O–H groups in total. The number of hydroxylamine groups is 2. The fraction of sp³-hybridized carbons (Fsp3) is 0.593. The molecule has 2 bridgehead atoms. The Morgan fingerprint density at radius 3 is 2.50 bits per heavy atom. The lowest BCUT2D eigenvalue weighted by atomic mass is 9.54. The second-order valence-corrected chi connectivity index (χ2v) is 10.6. The van der Waals surface area contributed by atoms with Crippen molar-refractivity contribution in [1.29, 1.82) is 0 Å². The maximum atomic E-state index is 14.1. The predicted molar refractivity (Wildman–Crippen MR) is 130 cm³/mol. The van der Waals surface area contributed by atoms with Gasteiger partial charge in [0.05, 0.1) is 24.1 Å². The van der Waals surface area contributed by atoms with Crippen molar-refractivity contribution in [2.45, 2.75) is 39.2 Å². The number of anilines is 1. The molecule has 5 atom stereocenters. The van der Waals surface area contributed by atoms with Crippen molar-refractivity contribution >= 4 is 23.5 Å². The molecule has 36 heavy (non-hydrogen) atoms. The van der Waals surface area contributed by atoms with Crippen molar-refractivity contribution < 1.29 is 28.3 Å². The maximum Gasteiger partial charge on any atom is 0.303 e. The highest BCUT2D eigenvalue weighted by atomic mass is 19.1. The van der Waals surface area contributed by atoms with Gasteiger partial charge in [0.25, 0.3) is 11.8 Å². The van der Waals surface area contributed by atoms with E-state index in [2.05, 4.69) is 9.80 Å². The predicted octanol–water partition coefficient (Wildman–Crippen LogP) is 2.79. The van der Waals surface area contributed by atoms with Gasteiger partial charge in [-0.3, -0.25) is 24.1 Å². The topological polar surface area (TPSA) is 79.4 Å². The summed E-state index contributed by atoms with van der Waals surface area (Å²) < 4.78 is 19.8. The van der Waals surface area contributed by atoms with Crippen molar-refractivity contribution in [1.82, 2.24) is 9.96 Å². The van der Waals surface area contributed by atoms with Crippen LogP contribution in [-0.2, 0) is 24.0 Å². The van der Waals surface area contributed by atoms with Crippen LogP contribution in [0.3, 0.4) is 0 Å². The van der Waals surface area contributed by atoms with Crippen LogP contribution in [0, 0.1) is 29.5 Å². The number of hydrogen-bond acceptors (Lipinski definition) is 7. The highest BCUT2D eigenvalue weighted by molar-refractivity contribution is 6.05. The van der Waals surface area contributed by atoms with E-state index in [1.807, 2.05) is 26.0 Å². The van der Waals surface area contributed by atoms with E-state index in [-0.39, 0.29) is 30.2 Å². The van der Waals surface area contributed by atoms with Gasteiger partial charge in [0.2, 0.25) is 0 Å². The number of halogens is 1. The zero-order valence-corrected chi connectivity index (χ0v) is 21.1. The molecular weight excluding hydrogens is 465 g/mol. The van der Waals surface area contributed by atoms with E-state index in [1.165, 1.54) is 13.0 Å². The van der Waals surface area contributed by atoms with Crippen LogP contribution in [0.25, 0.3) is 0 Å². The molecule has 2 heterocycles. The molecule has 0 spiro atoms. The Morgan fingerprint density at radius 2 is 1.83 bits per heavy atom. The van der Waals surface area contributed by atoms with Crippen LogP contribution in [0.15, 0.2) is 35.9 Å². The van der Waals surface area contributed by atoms with Gasteiger partial charge >= 0.3 is 5.97 Å². The molecule has 0 radical (unpaired) electrons. The average molecular weight is 500 g/mol. The van der Waals surface area contributed by atoms with E-state index < -0.39 is 29.3 Å². The summed E-state index contributed by atoms with van der Waals surface area (Å²) in [6.45, 7) is 9.39. The number of ether oxygens (including phenoxy) is 1. The van der Waals surface area contributed by atoms with E-state index in [0.29, 0.717) is 18.5 Å². The van der Waals surface area contributed by atoms with Gasteiger partial charge in [-0.05, 0) is 49.8 Å². The number of allylic oxidation sites excluding steroid dienone is 1. The molecule has 6 rings (SSSR count). The fourth-order valence-corrected chi connectivity index (χ4v) is 6.91. The van der Waals surface area contributed by atoms with Crippen LogP contribution in [-0.4, -0.2) is 72.7 Å². The van der Waals surface area contributed by atoms with Crippen LogP contribution in [0.1, 0.15) is 33.6 Å². The second-order valence-electron chi connectivity index (χ2n) is 10.6. The minimum atomic E-state index is -1.09. The number of carbonyl (C=O) groups excluding carboxylic acids is 3. The Balaban J connectivity index is 1.16. The van der Waals surface area contributed by atoms with E-state index in [1.54, 1.807) is 12.1 Å². The molecule has 2 saturated heterocycles. The van der Waals surface area contributed by atoms with Crippen molar-refractivity contribution in [3.8, 4) is 0 Å². The summed E-state index contributed by atoms with van der Waals surface area (Å²) in [5.41, 5.74) is 0.540. The summed E-state index contributed by atoms with van der Waals surface area (Å²) in [6, 6.07) is 6.82. The Kier molecular flexibility index (Phi) is 6.63. The Hall–Kier alpha value is -2.78. The molecule has 1 aromatic carbocycles.